The Balaban J connectivity index is 0. The van der Waals surface area contributed by atoms with E-state index < -0.39 is 13.3 Å². The maximum Gasteiger partial charge on any atom is 1.00 e. The van der Waals surface area contributed by atoms with E-state index in [1.54, 1.807) is 0 Å². The van der Waals surface area contributed by atoms with Gasteiger partial charge in [-0.05, 0) is 0 Å². The van der Waals surface area contributed by atoms with Crippen LogP contribution in [0, 0.1) is 0 Å². The fourth-order valence-corrected chi connectivity index (χ4v) is 2.04. The molecule has 0 aromatic rings. The fourth-order valence-electron chi connectivity index (χ4n) is 2.04. The molecule has 0 aromatic carbocycles. The van der Waals surface area contributed by atoms with Crippen LogP contribution in [0.4, 0.5) is 12.9 Å². The average molecular weight is 290 g/mol. The summed E-state index contributed by atoms with van der Waals surface area (Å²) in [6, 6.07) is 0. The summed E-state index contributed by atoms with van der Waals surface area (Å²) in [5.41, 5.74) is 0. The Morgan fingerprint density at radius 2 is 0.944 bits per heavy atom. The molecule has 5 heteroatoms. The predicted molar refractivity (Wildman–Crippen MR) is 70.3 cm³/mol. The van der Waals surface area contributed by atoms with Gasteiger partial charge in [0.05, 0.1) is 0 Å². The Labute approximate surface area is 153 Å². The second-order valence-corrected chi connectivity index (χ2v) is 5.03. The summed E-state index contributed by atoms with van der Waals surface area (Å²) in [7, 11) is 0. The van der Waals surface area contributed by atoms with Crippen molar-refractivity contribution < 1.29 is 64.3 Å². The summed E-state index contributed by atoms with van der Waals surface area (Å²) in [6.07, 6.45) is 11.6. The summed E-state index contributed by atoms with van der Waals surface area (Å²) in [6.45, 7) is -2.33. The van der Waals surface area contributed by atoms with Crippen LogP contribution in [-0.4, -0.2) is 6.98 Å². The molecule has 0 saturated heterocycles. The first kappa shape index (κ1) is 21.8. The van der Waals surface area contributed by atoms with E-state index in [0.717, 1.165) is 19.3 Å². The minimum atomic E-state index is -4.54. The third-order valence-corrected chi connectivity index (χ3v) is 3.14. The van der Waals surface area contributed by atoms with Crippen molar-refractivity contribution in [3.05, 3.63) is 0 Å². The van der Waals surface area contributed by atoms with E-state index in [1.165, 1.54) is 44.9 Å². The fraction of sp³-hybridized carbons (Fsp3) is 1.00. The van der Waals surface area contributed by atoms with Crippen LogP contribution in [0.15, 0.2) is 0 Å². The quantitative estimate of drug-likeness (QED) is 0.382. The van der Waals surface area contributed by atoms with Gasteiger partial charge < -0.3 is 12.9 Å². The van der Waals surface area contributed by atoms with E-state index >= 15 is 0 Å². The molecular weight excluding hydrogens is 263 g/mol. The summed E-state index contributed by atoms with van der Waals surface area (Å²) in [5, 5.41) is 0. The number of halogens is 3. The number of rotatable bonds is 12. The number of hydrogen-bond donors (Lipinski definition) is 0. The topological polar surface area (TPSA) is 0 Å². The Morgan fingerprint density at radius 1 is 0.611 bits per heavy atom. The SMILES string of the molecule is CCCCCCCCCCCCC[B-](F)(F)F.[K+]. The van der Waals surface area contributed by atoms with Crippen molar-refractivity contribution >= 4 is 6.98 Å². The van der Waals surface area contributed by atoms with Gasteiger partial charge >= 0.3 is 58.4 Å². The van der Waals surface area contributed by atoms with Gasteiger partial charge in [-0.25, -0.2) is 0 Å². The number of hydrogen-bond acceptors (Lipinski definition) is 0. The maximum atomic E-state index is 11.9. The van der Waals surface area contributed by atoms with Crippen molar-refractivity contribution in [1.82, 2.24) is 0 Å². The zero-order valence-corrected chi connectivity index (χ0v) is 15.3. The molecule has 0 aliphatic heterocycles. The van der Waals surface area contributed by atoms with Crippen molar-refractivity contribution in [2.75, 3.05) is 0 Å². The third kappa shape index (κ3) is 19.8. The summed E-state index contributed by atoms with van der Waals surface area (Å²) in [4.78, 5) is 0. The molecule has 0 spiro atoms. The molecule has 0 heterocycles. The normalized spacial score (nSPS) is 11.3. The van der Waals surface area contributed by atoms with E-state index in [0.29, 0.717) is 6.42 Å². The molecule has 0 N–H and O–H groups in total. The van der Waals surface area contributed by atoms with Crippen molar-refractivity contribution in [2.45, 2.75) is 83.9 Å². The van der Waals surface area contributed by atoms with Gasteiger partial charge in [-0.2, -0.15) is 0 Å². The molecule has 0 amide bonds. The van der Waals surface area contributed by atoms with E-state index in [1.807, 2.05) is 0 Å². The Bertz CT molecular complexity index is 163. The average Bonchev–Trinajstić information content (AvgIpc) is 2.24. The summed E-state index contributed by atoms with van der Waals surface area (Å²) < 4.78 is 35.7. The zero-order valence-electron chi connectivity index (χ0n) is 12.2. The monoisotopic (exact) mass is 290 g/mol. The van der Waals surface area contributed by atoms with Crippen LogP contribution in [0.1, 0.15) is 77.6 Å². The van der Waals surface area contributed by atoms with E-state index in [9.17, 15) is 12.9 Å². The summed E-state index contributed by atoms with van der Waals surface area (Å²) in [5.74, 6) is 0. The van der Waals surface area contributed by atoms with Gasteiger partial charge in [0, 0.05) is 0 Å². The predicted octanol–water partition coefficient (Wildman–Crippen LogP) is 3.15. The van der Waals surface area contributed by atoms with Crippen molar-refractivity contribution in [1.29, 1.82) is 0 Å². The Morgan fingerprint density at radius 3 is 1.28 bits per heavy atom. The van der Waals surface area contributed by atoms with Crippen molar-refractivity contribution in [3.8, 4) is 0 Å². The molecule has 18 heavy (non-hydrogen) atoms. The second kappa shape index (κ2) is 14.9. The molecule has 0 fully saturated rings. The van der Waals surface area contributed by atoms with Gasteiger partial charge in [0.1, 0.15) is 0 Å². The van der Waals surface area contributed by atoms with Gasteiger partial charge in [-0.1, -0.05) is 83.9 Å². The first-order valence-corrected chi connectivity index (χ1v) is 7.27. The second-order valence-electron chi connectivity index (χ2n) is 5.03. The Hall–Kier alpha value is 1.49. The molecule has 0 rings (SSSR count). The van der Waals surface area contributed by atoms with Crippen LogP contribution in [0.25, 0.3) is 0 Å². The van der Waals surface area contributed by atoms with Gasteiger partial charge in [0.25, 0.3) is 0 Å². The van der Waals surface area contributed by atoms with E-state index in [-0.39, 0.29) is 51.4 Å². The van der Waals surface area contributed by atoms with Crippen LogP contribution >= 0.6 is 0 Å². The van der Waals surface area contributed by atoms with Gasteiger partial charge in [0.2, 0.25) is 0 Å². The molecular formula is C13H27BF3K. The molecule has 104 valence electrons. The molecule has 0 nitrogen and oxygen atoms in total. The minimum absolute atomic E-state index is 0. The van der Waals surface area contributed by atoms with E-state index in [2.05, 4.69) is 6.92 Å². The smallest absolute Gasteiger partial charge is 0.449 e. The number of unbranched alkanes of at least 4 members (excludes halogenated alkanes) is 10. The molecule has 0 aliphatic rings. The van der Waals surface area contributed by atoms with Crippen molar-refractivity contribution in [2.24, 2.45) is 0 Å². The molecule has 0 bridgehead atoms. The van der Waals surface area contributed by atoms with Gasteiger partial charge in [0.15, 0.2) is 0 Å². The first-order valence-electron chi connectivity index (χ1n) is 7.27. The first-order chi connectivity index (χ1) is 8.06. The molecule has 0 unspecified atom stereocenters. The molecule has 0 aromatic heterocycles. The van der Waals surface area contributed by atoms with Crippen LogP contribution in [0.5, 0.6) is 0 Å². The molecule has 0 atom stereocenters. The largest absolute Gasteiger partial charge is 1.00 e. The summed E-state index contributed by atoms with van der Waals surface area (Å²) >= 11 is 0. The van der Waals surface area contributed by atoms with Gasteiger partial charge in [-0.3, -0.25) is 0 Å². The van der Waals surface area contributed by atoms with Crippen LogP contribution < -0.4 is 51.4 Å². The standard InChI is InChI=1S/C13H27BF3.K/c1-2-3-4-5-6-7-8-9-10-11-12-13-14(15,16)17;/h2-13H2,1H3;/q-1;+1. The van der Waals surface area contributed by atoms with E-state index in [4.69, 9.17) is 0 Å². The molecule has 0 radical (unpaired) electrons. The van der Waals surface area contributed by atoms with Crippen molar-refractivity contribution in [3.63, 3.8) is 0 Å². The minimum Gasteiger partial charge on any atom is -0.449 e. The Kier molecular flexibility index (Phi) is 18.0. The maximum absolute atomic E-state index is 11.9. The zero-order chi connectivity index (χ0) is 13.0. The third-order valence-electron chi connectivity index (χ3n) is 3.14. The van der Waals surface area contributed by atoms with Gasteiger partial charge in [-0.15, -0.1) is 0 Å². The molecule has 0 aliphatic carbocycles. The van der Waals surface area contributed by atoms with Crippen LogP contribution in [0.3, 0.4) is 0 Å². The van der Waals surface area contributed by atoms with Crippen LogP contribution in [0.2, 0.25) is 6.32 Å². The van der Waals surface area contributed by atoms with Crippen LogP contribution in [-0.2, 0) is 0 Å². The molecule has 0 saturated carbocycles.